The first-order valence-corrected chi connectivity index (χ1v) is 9.74. The van der Waals surface area contributed by atoms with Gasteiger partial charge in [0.2, 0.25) is 5.91 Å². The van der Waals surface area contributed by atoms with Crippen molar-refractivity contribution >= 4 is 17.5 Å². The molecule has 154 valence electrons. The van der Waals surface area contributed by atoms with Crippen LogP contribution in [-0.2, 0) is 4.79 Å². The van der Waals surface area contributed by atoms with E-state index in [1.54, 1.807) is 48.8 Å². The van der Waals surface area contributed by atoms with E-state index in [9.17, 15) is 9.59 Å². The summed E-state index contributed by atoms with van der Waals surface area (Å²) in [6.07, 6.45) is 3.45. The van der Waals surface area contributed by atoms with Gasteiger partial charge in [-0.3, -0.25) is 19.5 Å². The average Bonchev–Trinajstić information content (AvgIpc) is 2.75. The van der Waals surface area contributed by atoms with E-state index in [1.165, 1.54) is 0 Å². The van der Waals surface area contributed by atoms with Gasteiger partial charge < -0.3 is 21.1 Å². The zero-order valence-electron chi connectivity index (χ0n) is 16.3. The first-order chi connectivity index (χ1) is 14.1. The Morgan fingerprint density at radius 2 is 1.72 bits per heavy atom. The zero-order valence-corrected chi connectivity index (χ0v) is 16.3. The van der Waals surface area contributed by atoms with Crippen molar-refractivity contribution in [2.24, 2.45) is 5.73 Å². The van der Waals surface area contributed by atoms with Gasteiger partial charge in [0.05, 0.1) is 6.61 Å². The lowest BCUT2D eigenvalue weighted by molar-refractivity contribution is -0.133. The number of β-amino-alcohol motifs (C(OH)–C–C–N with tert-alkyl or cyclic N) is 1. The molecule has 0 radical (unpaired) electrons. The molecule has 1 aromatic heterocycles. The van der Waals surface area contributed by atoms with Gasteiger partial charge >= 0.3 is 0 Å². The van der Waals surface area contributed by atoms with Crippen molar-refractivity contribution in [3.63, 3.8) is 0 Å². The highest BCUT2D eigenvalue weighted by atomic mass is 16.3. The first-order valence-electron chi connectivity index (χ1n) is 9.74. The standard InChI is InChI=1S/C21H27N5O3/c22-19(15-20(28)26-11-9-25(10-12-26)13-14-27)16-1-3-17(4-2-16)21(29)24-18-5-7-23-8-6-18/h1-8,19,27H,9-15,22H2,(H,23,24,29). The lowest BCUT2D eigenvalue weighted by Crippen LogP contribution is -2.49. The van der Waals surface area contributed by atoms with Crippen LogP contribution in [0.4, 0.5) is 5.69 Å². The Morgan fingerprint density at radius 1 is 1.07 bits per heavy atom. The molecule has 8 nitrogen and oxygen atoms in total. The Labute approximate surface area is 170 Å². The second-order valence-electron chi connectivity index (χ2n) is 7.07. The number of benzene rings is 1. The summed E-state index contributed by atoms with van der Waals surface area (Å²) in [7, 11) is 0. The summed E-state index contributed by atoms with van der Waals surface area (Å²) in [6, 6.07) is 10.0. The van der Waals surface area contributed by atoms with Crippen molar-refractivity contribution in [3.05, 3.63) is 59.9 Å². The molecule has 1 fully saturated rings. The maximum atomic E-state index is 12.5. The number of rotatable bonds is 7. The van der Waals surface area contributed by atoms with Crippen LogP contribution in [-0.4, -0.2) is 71.0 Å². The van der Waals surface area contributed by atoms with Crippen molar-refractivity contribution in [2.75, 3.05) is 44.6 Å². The van der Waals surface area contributed by atoms with Gasteiger partial charge in [-0.25, -0.2) is 0 Å². The summed E-state index contributed by atoms with van der Waals surface area (Å²) < 4.78 is 0. The number of aliphatic hydroxyl groups is 1. The molecule has 2 heterocycles. The lowest BCUT2D eigenvalue weighted by atomic mass is 10.0. The van der Waals surface area contributed by atoms with E-state index in [4.69, 9.17) is 10.8 Å². The fourth-order valence-electron chi connectivity index (χ4n) is 3.32. The molecule has 1 aliphatic rings. The van der Waals surface area contributed by atoms with E-state index in [2.05, 4.69) is 15.2 Å². The largest absolute Gasteiger partial charge is 0.395 e. The molecule has 1 saturated heterocycles. The summed E-state index contributed by atoms with van der Waals surface area (Å²) in [6.45, 7) is 3.61. The number of amides is 2. The minimum absolute atomic E-state index is 0.0284. The number of hydrogen-bond donors (Lipinski definition) is 3. The summed E-state index contributed by atoms with van der Waals surface area (Å²) in [5.74, 6) is -0.186. The van der Waals surface area contributed by atoms with E-state index in [1.807, 2.05) is 4.90 Å². The van der Waals surface area contributed by atoms with Gasteiger partial charge in [-0.1, -0.05) is 12.1 Å². The molecule has 8 heteroatoms. The van der Waals surface area contributed by atoms with Crippen LogP contribution in [0.1, 0.15) is 28.4 Å². The topological polar surface area (TPSA) is 112 Å². The third kappa shape index (κ3) is 5.83. The maximum Gasteiger partial charge on any atom is 0.255 e. The van der Waals surface area contributed by atoms with Crippen molar-refractivity contribution in [1.82, 2.24) is 14.8 Å². The van der Waals surface area contributed by atoms with Crippen molar-refractivity contribution in [2.45, 2.75) is 12.5 Å². The SMILES string of the molecule is NC(CC(=O)N1CCN(CCO)CC1)c1ccc(C(=O)Nc2ccncc2)cc1. The van der Waals surface area contributed by atoms with Crippen LogP contribution in [0.25, 0.3) is 0 Å². The monoisotopic (exact) mass is 397 g/mol. The minimum atomic E-state index is -0.421. The molecule has 4 N–H and O–H groups in total. The van der Waals surface area contributed by atoms with Gasteiger partial charge in [0.15, 0.2) is 0 Å². The Bertz CT molecular complexity index is 805. The Kier molecular flexibility index (Phi) is 7.29. The van der Waals surface area contributed by atoms with Crippen molar-refractivity contribution in [3.8, 4) is 0 Å². The molecule has 1 atom stereocenters. The van der Waals surface area contributed by atoms with Crippen LogP contribution in [0.5, 0.6) is 0 Å². The fraction of sp³-hybridized carbons (Fsp3) is 0.381. The highest BCUT2D eigenvalue weighted by Gasteiger charge is 2.22. The third-order valence-electron chi connectivity index (χ3n) is 5.07. The summed E-state index contributed by atoms with van der Waals surface area (Å²) in [4.78, 5) is 32.7. The number of carbonyl (C=O) groups is 2. The third-order valence-corrected chi connectivity index (χ3v) is 5.07. The van der Waals surface area contributed by atoms with Crippen LogP contribution >= 0.6 is 0 Å². The first kappa shape index (κ1) is 20.9. The second-order valence-corrected chi connectivity index (χ2v) is 7.07. The Morgan fingerprint density at radius 3 is 2.34 bits per heavy atom. The molecule has 1 aliphatic heterocycles. The van der Waals surface area contributed by atoms with E-state index in [0.29, 0.717) is 30.9 Å². The van der Waals surface area contributed by atoms with Crippen LogP contribution in [0.15, 0.2) is 48.8 Å². The number of pyridine rings is 1. The van der Waals surface area contributed by atoms with Gasteiger partial charge in [-0.05, 0) is 29.8 Å². The number of nitrogens with two attached hydrogens (primary N) is 1. The molecular weight excluding hydrogens is 370 g/mol. The smallest absolute Gasteiger partial charge is 0.255 e. The Hall–Kier alpha value is -2.81. The molecule has 0 saturated carbocycles. The molecule has 29 heavy (non-hydrogen) atoms. The van der Waals surface area contributed by atoms with Gasteiger partial charge in [-0.2, -0.15) is 0 Å². The van der Waals surface area contributed by atoms with Crippen molar-refractivity contribution < 1.29 is 14.7 Å². The zero-order chi connectivity index (χ0) is 20.6. The van der Waals surface area contributed by atoms with Crippen molar-refractivity contribution in [1.29, 1.82) is 0 Å². The average molecular weight is 397 g/mol. The molecule has 2 amide bonds. The maximum absolute atomic E-state index is 12.5. The van der Waals surface area contributed by atoms with Gasteiger partial charge in [0.1, 0.15) is 0 Å². The summed E-state index contributed by atoms with van der Waals surface area (Å²) in [5, 5.41) is 11.8. The van der Waals surface area contributed by atoms with E-state index in [0.717, 1.165) is 18.7 Å². The molecule has 1 aromatic carbocycles. The normalized spacial score (nSPS) is 15.7. The molecule has 0 bridgehead atoms. The van der Waals surface area contributed by atoms with Gasteiger partial charge in [0.25, 0.3) is 5.91 Å². The summed E-state index contributed by atoms with van der Waals surface area (Å²) in [5.41, 5.74) is 8.24. The van der Waals surface area contributed by atoms with Gasteiger partial charge in [0, 0.05) is 68.8 Å². The number of carbonyl (C=O) groups excluding carboxylic acids is 2. The molecule has 3 rings (SSSR count). The number of hydrogen-bond acceptors (Lipinski definition) is 6. The van der Waals surface area contributed by atoms with Crippen LogP contribution < -0.4 is 11.1 Å². The number of anilines is 1. The number of aromatic nitrogens is 1. The predicted molar refractivity (Wildman–Crippen MR) is 110 cm³/mol. The number of aliphatic hydroxyl groups excluding tert-OH is 1. The van der Waals surface area contributed by atoms with E-state index >= 15 is 0 Å². The second kappa shape index (κ2) is 10.1. The fourth-order valence-corrected chi connectivity index (χ4v) is 3.32. The summed E-state index contributed by atoms with van der Waals surface area (Å²) >= 11 is 0. The van der Waals surface area contributed by atoms with Crippen LogP contribution in [0.2, 0.25) is 0 Å². The van der Waals surface area contributed by atoms with Crippen LogP contribution in [0, 0.1) is 0 Å². The highest BCUT2D eigenvalue weighted by Crippen LogP contribution is 2.18. The number of nitrogens with zero attached hydrogens (tertiary/aromatic N) is 3. The van der Waals surface area contributed by atoms with E-state index in [-0.39, 0.29) is 24.8 Å². The molecule has 1 unspecified atom stereocenters. The number of piperazine rings is 1. The molecule has 2 aromatic rings. The molecule has 0 aliphatic carbocycles. The van der Waals surface area contributed by atoms with E-state index < -0.39 is 6.04 Å². The quantitative estimate of drug-likeness (QED) is 0.639. The van der Waals surface area contributed by atoms with Gasteiger partial charge in [-0.15, -0.1) is 0 Å². The predicted octanol–water partition coefficient (Wildman–Crippen LogP) is 0.860. The molecule has 0 spiro atoms. The Balaban J connectivity index is 1.51. The minimum Gasteiger partial charge on any atom is -0.395 e. The number of nitrogens with one attached hydrogen (secondary N) is 1. The lowest BCUT2D eigenvalue weighted by Gasteiger charge is -2.34. The molecular formula is C21H27N5O3. The highest BCUT2D eigenvalue weighted by molar-refractivity contribution is 6.04. The van der Waals surface area contributed by atoms with Crippen LogP contribution in [0.3, 0.4) is 0 Å².